The van der Waals surface area contributed by atoms with Crippen LogP contribution in [-0.2, 0) is 0 Å². The Kier molecular flexibility index (Phi) is 3.14. The van der Waals surface area contributed by atoms with E-state index in [0.29, 0.717) is 11.4 Å². The molecule has 0 saturated carbocycles. The second-order valence-corrected chi connectivity index (χ2v) is 4.11. The molecule has 0 aliphatic rings. The molecular formula is C13H13FN2O2. The average molecular weight is 248 g/mol. The van der Waals surface area contributed by atoms with Gasteiger partial charge in [0.2, 0.25) is 0 Å². The van der Waals surface area contributed by atoms with Crippen LogP contribution in [0.15, 0.2) is 30.5 Å². The summed E-state index contributed by atoms with van der Waals surface area (Å²) in [6.07, 6.45) is 0.603. The second-order valence-electron chi connectivity index (χ2n) is 4.11. The van der Waals surface area contributed by atoms with E-state index in [1.807, 2.05) is 0 Å². The Labute approximate surface area is 104 Å². The van der Waals surface area contributed by atoms with E-state index in [0.717, 1.165) is 5.56 Å². The van der Waals surface area contributed by atoms with Gasteiger partial charge < -0.3 is 5.11 Å². The summed E-state index contributed by atoms with van der Waals surface area (Å²) in [6, 6.07) is 6.27. The first-order valence-electron chi connectivity index (χ1n) is 5.53. The molecule has 0 radical (unpaired) electrons. The molecular weight excluding hydrogens is 235 g/mol. The molecule has 5 heteroatoms. The van der Waals surface area contributed by atoms with Gasteiger partial charge in [-0.25, -0.2) is 13.9 Å². The summed E-state index contributed by atoms with van der Waals surface area (Å²) in [5, 5.41) is 12.9. The van der Waals surface area contributed by atoms with Crippen LogP contribution in [0.5, 0.6) is 0 Å². The number of aryl methyl sites for hydroxylation is 1. The minimum atomic E-state index is -1.12. The fourth-order valence-corrected chi connectivity index (χ4v) is 1.76. The number of aromatic carboxylic acids is 1. The van der Waals surface area contributed by atoms with Crippen molar-refractivity contribution in [2.45, 2.75) is 20.0 Å². The Balaban J connectivity index is 2.37. The van der Waals surface area contributed by atoms with Gasteiger partial charge in [0, 0.05) is 6.20 Å². The van der Waals surface area contributed by atoms with Gasteiger partial charge in [-0.2, -0.15) is 5.10 Å². The van der Waals surface area contributed by atoms with Crippen molar-refractivity contribution < 1.29 is 14.3 Å². The molecule has 1 unspecified atom stereocenters. The summed E-state index contributed by atoms with van der Waals surface area (Å²) < 4.78 is 14.8. The van der Waals surface area contributed by atoms with Crippen LogP contribution in [0.1, 0.15) is 34.7 Å². The van der Waals surface area contributed by atoms with Crippen molar-refractivity contribution in [3.63, 3.8) is 0 Å². The van der Waals surface area contributed by atoms with E-state index < -0.39 is 12.1 Å². The minimum Gasteiger partial charge on any atom is -0.478 e. The Morgan fingerprint density at radius 3 is 2.44 bits per heavy atom. The number of rotatable bonds is 3. The quantitative estimate of drug-likeness (QED) is 0.908. The van der Waals surface area contributed by atoms with Gasteiger partial charge in [-0.15, -0.1) is 0 Å². The number of nitrogens with zero attached hydrogens (tertiary/aromatic N) is 2. The number of alkyl halides is 1. The van der Waals surface area contributed by atoms with E-state index in [1.54, 1.807) is 29.9 Å². The van der Waals surface area contributed by atoms with Gasteiger partial charge >= 0.3 is 5.97 Å². The zero-order chi connectivity index (χ0) is 13.3. The lowest BCUT2D eigenvalue weighted by Gasteiger charge is -2.02. The molecule has 2 rings (SSSR count). The summed E-state index contributed by atoms with van der Waals surface area (Å²) in [4.78, 5) is 10.7. The summed E-state index contributed by atoms with van der Waals surface area (Å²) in [7, 11) is 0. The van der Waals surface area contributed by atoms with Crippen molar-refractivity contribution in [3.05, 3.63) is 47.3 Å². The fourth-order valence-electron chi connectivity index (χ4n) is 1.76. The maximum Gasteiger partial charge on any atom is 0.335 e. The second kappa shape index (κ2) is 4.60. The number of benzene rings is 1. The third kappa shape index (κ3) is 2.25. The van der Waals surface area contributed by atoms with Gasteiger partial charge in [-0.05, 0) is 43.7 Å². The Morgan fingerprint density at radius 2 is 2.00 bits per heavy atom. The van der Waals surface area contributed by atoms with Gasteiger partial charge in [-0.3, -0.25) is 0 Å². The number of halogens is 1. The highest BCUT2D eigenvalue weighted by Crippen LogP contribution is 2.20. The zero-order valence-corrected chi connectivity index (χ0v) is 10.1. The SMILES string of the molecule is Cc1cn(-c2ccc(C(=O)O)cc2)nc1C(C)F. The van der Waals surface area contributed by atoms with E-state index in [2.05, 4.69) is 5.10 Å². The lowest BCUT2D eigenvalue weighted by molar-refractivity contribution is 0.0697. The highest BCUT2D eigenvalue weighted by atomic mass is 19.1. The molecule has 0 aliphatic heterocycles. The lowest BCUT2D eigenvalue weighted by Crippen LogP contribution is -1.99. The average Bonchev–Trinajstić information content (AvgIpc) is 2.71. The Hall–Kier alpha value is -2.17. The number of hydrogen-bond donors (Lipinski definition) is 1. The van der Waals surface area contributed by atoms with Crippen molar-refractivity contribution >= 4 is 5.97 Å². The van der Waals surface area contributed by atoms with E-state index >= 15 is 0 Å². The summed E-state index contributed by atoms with van der Waals surface area (Å²) >= 11 is 0. The topological polar surface area (TPSA) is 55.1 Å². The molecule has 18 heavy (non-hydrogen) atoms. The molecule has 0 spiro atoms. The maximum absolute atomic E-state index is 13.2. The molecule has 94 valence electrons. The zero-order valence-electron chi connectivity index (χ0n) is 10.1. The first-order valence-corrected chi connectivity index (χ1v) is 5.53. The van der Waals surface area contributed by atoms with Crippen LogP contribution < -0.4 is 0 Å². The summed E-state index contributed by atoms with van der Waals surface area (Å²) in [5.41, 5.74) is 2.08. The van der Waals surface area contributed by atoms with Gasteiger partial charge in [0.05, 0.1) is 16.9 Å². The van der Waals surface area contributed by atoms with Gasteiger partial charge in [0.15, 0.2) is 0 Å². The summed E-state index contributed by atoms with van der Waals surface area (Å²) in [6.45, 7) is 3.23. The van der Waals surface area contributed by atoms with E-state index in [1.165, 1.54) is 19.1 Å². The van der Waals surface area contributed by atoms with Gasteiger partial charge in [-0.1, -0.05) is 0 Å². The van der Waals surface area contributed by atoms with E-state index in [4.69, 9.17) is 5.11 Å². The van der Waals surface area contributed by atoms with Gasteiger partial charge in [0.25, 0.3) is 0 Å². The van der Waals surface area contributed by atoms with Crippen molar-refractivity contribution in [1.82, 2.24) is 9.78 Å². The minimum absolute atomic E-state index is 0.210. The summed E-state index contributed by atoms with van der Waals surface area (Å²) in [5.74, 6) is -0.976. The standard InChI is InChI=1S/C13H13FN2O2/c1-8-7-16(15-12(8)9(2)14)11-5-3-10(4-6-11)13(17)18/h3-7,9H,1-2H3,(H,17,18). The van der Waals surface area contributed by atoms with Crippen LogP contribution in [0.25, 0.3) is 5.69 Å². The Morgan fingerprint density at radius 1 is 1.39 bits per heavy atom. The third-order valence-corrected chi connectivity index (χ3v) is 2.69. The number of carboxylic acids is 1. The number of hydrogen-bond acceptors (Lipinski definition) is 2. The molecule has 0 bridgehead atoms. The largest absolute Gasteiger partial charge is 0.478 e. The van der Waals surface area contributed by atoms with Crippen molar-refractivity contribution in [3.8, 4) is 5.69 Å². The number of carbonyl (C=O) groups is 1. The predicted molar refractivity (Wildman–Crippen MR) is 64.8 cm³/mol. The van der Waals surface area contributed by atoms with Crippen LogP contribution in [0.2, 0.25) is 0 Å². The highest BCUT2D eigenvalue weighted by Gasteiger charge is 2.12. The molecule has 1 heterocycles. The first kappa shape index (κ1) is 12.3. The van der Waals surface area contributed by atoms with E-state index in [9.17, 15) is 9.18 Å². The number of aromatic nitrogens is 2. The number of carboxylic acid groups (broad SMARTS) is 1. The van der Waals surface area contributed by atoms with Crippen LogP contribution >= 0.6 is 0 Å². The third-order valence-electron chi connectivity index (χ3n) is 2.69. The van der Waals surface area contributed by atoms with Crippen LogP contribution in [0.4, 0.5) is 4.39 Å². The smallest absolute Gasteiger partial charge is 0.335 e. The van der Waals surface area contributed by atoms with Crippen molar-refractivity contribution in [1.29, 1.82) is 0 Å². The predicted octanol–water partition coefficient (Wildman–Crippen LogP) is 2.91. The van der Waals surface area contributed by atoms with Crippen molar-refractivity contribution in [2.24, 2.45) is 0 Å². The van der Waals surface area contributed by atoms with Crippen LogP contribution in [0, 0.1) is 6.92 Å². The van der Waals surface area contributed by atoms with Gasteiger partial charge in [0.1, 0.15) is 6.17 Å². The molecule has 1 N–H and O–H groups in total. The van der Waals surface area contributed by atoms with Crippen molar-refractivity contribution in [2.75, 3.05) is 0 Å². The highest BCUT2D eigenvalue weighted by molar-refractivity contribution is 5.87. The lowest BCUT2D eigenvalue weighted by atomic mass is 10.2. The molecule has 1 aromatic carbocycles. The molecule has 0 aliphatic carbocycles. The molecule has 0 fully saturated rings. The molecule has 0 amide bonds. The molecule has 0 saturated heterocycles. The van der Waals surface area contributed by atoms with Crippen LogP contribution in [0.3, 0.4) is 0 Å². The molecule has 1 aromatic heterocycles. The monoisotopic (exact) mass is 248 g/mol. The first-order chi connectivity index (χ1) is 8.49. The fraction of sp³-hybridized carbons (Fsp3) is 0.231. The molecule has 2 aromatic rings. The maximum atomic E-state index is 13.2. The molecule has 4 nitrogen and oxygen atoms in total. The Bertz CT molecular complexity index is 573. The van der Waals surface area contributed by atoms with E-state index in [-0.39, 0.29) is 5.56 Å². The normalized spacial score (nSPS) is 12.4. The molecule has 1 atom stereocenters. The van der Waals surface area contributed by atoms with Crippen LogP contribution in [-0.4, -0.2) is 20.9 Å².